The van der Waals surface area contributed by atoms with Gasteiger partial charge in [-0.15, -0.1) is 0 Å². The van der Waals surface area contributed by atoms with Gasteiger partial charge >= 0.3 is 0 Å². The third kappa shape index (κ3) is 6.10. The first-order valence-electron chi connectivity index (χ1n) is 9.71. The van der Waals surface area contributed by atoms with E-state index in [0.717, 1.165) is 30.2 Å². The molecule has 144 valence electrons. The zero-order valence-corrected chi connectivity index (χ0v) is 17.0. The minimum Gasteiger partial charge on any atom is -0.494 e. The maximum atomic E-state index is 5.74. The summed E-state index contributed by atoms with van der Waals surface area (Å²) in [4.78, 5) is 0. The highest BCUT2D eigenvalue weighted by Gasteiger charge is 2.02. The SMILES string of the molecule is CCCCCOc1ccc(NC(=S)Nc2ccc(-c3ccccc3)cc2)cc1. The van der Waals surface area contributed by atoms with E-state index >= 15 is 0 Å². The number of ether oxygens (including phenoxy) is 1. The largest absolute Gasteiger partial charge is 0.494 e. The van der Waals surface area contributed by atoms with Crippen molar-refractivity contribution >= 4 is 28.7 Å². The van der Waals surface area contributed by atoms with Gasteiger partial charge in [-0.25, -0.2) is 0 Å². The highest BCUT2D eigenvalue weighted by atomic mass is 32.1. The first kappa shape index (κ1) is 19.9. The molecule has 2 N–H and O–H groups in total. The zero-order valence-electron chi connectivity index (χ0n) is 16.2. The molecule has 3 rings (SSSR count). The van der Waals surface area contributed by atoms with Gasteiger partial charge in [0.2, 0.25) is 0 Å². The van der Waals surface area contributed by atoms with Crippen molar-refractivity contribution in [2.45, 2.75) is 26.2 Å². The van der Waals surface area contributed by atoms with Gasteiger partial charge in [-0.3, -0.25) is 0 Å². The molecular weight excluding hydrogens is 364 g/mol. The summed E-state index contributed by atoms with van der Waals surface area (Å²) in [6.45, 7) is 2.95. The second-order valence-corrected chi connectivity index (χ2v) is 7.01. The van der Waals surface area contributed by atoms with Crippen molar-refractivity contribution in [3.63, 3.8) is 0 Å². The monoisotopic (exact) mass is 390 g/mol. The average Bonchev–Trinajstić information content (AvgIpc) is 2.73. The van der Waals surface area contributed by atoms with Gasteiger partial charge in [0.05, 0.1) is 6.61 Å². The Kier molecular flexibility index (Phi) is 7.44. The van der Waals surface area contributed by atoms with E-state index in [1.165, 1.54) is 24.0 Å². The molecule has 0 aliphatic carbocycles. The molecule has 0 heterocycles. The molecule has 4 heteroatoms. The van der Waals surface area contributed by atoms with Crippen LogP contribution in [0.3, 0.4) is 0 Å². The van der Waals surface area contributed by atoms with Crippen molar-refractivity contribution in [2.24, 2.45) is 0 Å². The van der Waals surface area contributed by atoms with Crippen molar-refractivity contribution in [3.8, 4) is 16.9 Å². The molecule has 0 atom stereocenters. The fourth-order valence-electron chi connectivity index (χ4n) is 2.85. The summed E-state index contributed by atoms with van der Waals surface area (Å²) in [5.41, 5.74) is 4.26. The van der Waals surface area contributed by atoms with Crippen LogP contribution in [0.1, 0.15) is 26.2 Å². The van der Waals surface area contributed by atoms with Gasteiger partial charge in [-0.2, -0.15) is 0 Å². The van der Waals surface area contributed by atoms with Crippen molar-refractivity contribution in [2.75, 3.05) is 17.2 Å². The summed E-state index contributed by atoms with van der Waals surface area (Å²) in [7, 11) is 0. The van der Waals surface area contributed by atoms with Gasteiger partial charge in [0.15, 0.2) is 5.11 Å². The molecule has 0 fully saturated rings. The van der Waals surface area contributed by atoms with Gasteiger partial charge in [0.25, 0.3) is 0 Å². The van der Waals surface area contributed by atoms with Gasteiger partial charge in [0, 0.05) is 11.4 Å². The molecule has 0 unspecified atom stereocenters. The lowest BCUT2D eigenvalue weighted by Gasteiger charge is -2.12. The highest BCUT2D eigenvalue weighted by molar-refractivity contribution is 7.80. The van der Waals surface area contributed by atoms with E-state index in [4.69, 9.17) is 17.0 Å². The standard InChI is InChI=1S/C24H26N2OS/c1-2-3-7-18-27-23-16-14-22(15-17-23)26-24(28)25-21-12-10-20(11-13-21)19-8-5-4-6-9-19/h4-6,8-17H,2-3,7,18H2,1H3,(H2,25,26,28). The fraction of sp³-hybridized carbons (Fsp3) is 0.208. The summed E-state index contributed by atoms with van der Waals surface area (Å²) >= 11 is 5.42. The number of thiocarbonyl (C=S) groups is 1. The maximum Gasteiger partial charge on any atom is 0.175 e. The Labute approximate surface area is 172 Å². The van der Waals surface area contributed by atoms with Gasteiger partial charge in [-0.1, -0.05) is 62.2 Å². The zero-order chi connectivity index (χ0) is 19.6. The molecule has 0 saturated carbocycles. The topological polar surface area (TPSA) is 33.3 Å². The smallest absolute Gasteiger partial charge is 0.175 e. The lowest BCUT2D eigenvalue weighted by Crippen LogP contribution is -2.18. The number of hydrogen-bond donors (Lipinski definition) is 2. The Morgan fingerprint density at radius 1 is 0.750 bits per heavy atom. The predicted molar refractivity (Wildman–Crippen MR) is 123 cm³/mol. The quantitative estimate of drug-likeness (QED) is 0.330. The molecule has 0 aliphatic heterocycles. The molecule has 0 amide bonds. The van der Waals surface area contributed by atoms with Crippen LogP contribution in [-0.2, 0) is 0 Å². The number of benzene rings is 3. The van der Waals surface area contributed by atoms with E-state index in [1.54, 1.807) is 0 Å². The molecule has 0 spiro atoms. The summed E-state index contributed by atoms with van der Waals surface area (Å²) in [6.07, 6.45) is 3.49. The minimum atomic E-state index is 0.559. The summed E-state index contributed by atoms with van der Waals surface area (Å²) in [6, 6.07) is 26.4. The average molecular weight is 391 g/mol. The molecule has 3 nitrogen and oxygen atoms in total. The van der Waals surface area contributed by atoms with Crippen LogP contribution in [-0.4, -0.2) is 11.7 Å². The number of hydrogen-bond acceptors (Lipinski definition) is 2. The summed E-state index contributed by atoms with van der Waals surface area (Å²) < 4.78 is 5.74. The molecule has 0 aromatic heterocycles. The normalized spacial score (nSPS) is 10.3. The molecule has 0 bridgehead atoms. The third-order valence-corrected chi connectivity index (χ3v) is 4.58. The van der Waals surface area contributed by atoms with E-state index in [-0.39, 0.29) is 0 Å². The Bertz CT molecular complexity index is 861. The first-order valence-corrected chi connectivity index (χ1v) is 10.1. The Morgan fingerprint density at radius 2 is 1.32 bits per heavy atom. The maximum absolute atomic E-state index is 5.74. The second kappa shape index (κ2) is 10.5. The van der Waals surface area contributed by atoms with E-state index in [2.05, 4.69) is 41.8 Å². The molecule has 3 aromatic carbocycles. The lowest BCUT2D eigenvalue weighted by atomic mass is 10.1. The van der Waals surface area contributed by atoms with Gasteiger partial charge in [0.1, 0.15) is 5.75 Å². The number of unbranched alkanes of at least 4 members (excludes halogenated alkanes) is 2. The third-order valence-electron chi connectivity index (χ3n) is 4.38. The molecule has 3 aromatic rings. The Balaban J connectivity index is 1.50. The van der Waals surface area contributed by atoms with Gasteiger partial charge in [-0.05, 0) is 66.2 Å². The fourth-order valence-corrected chi connectivity index (χ4v) is 3.08. The second-order valence-electron chi connectivity index (χ2n) is 6.60. The van der Waals surface area contributed by atoms with E-state index in [0.29, 0.717) is 5.11 Å². The van der Waals surface area contributed by atoms with Crippen LogP contribution in [0.15, 0.2) is 78.9 Å². The van der Waals surface area contributed by atoms with Crippen molar-refractivity contribution < 1.29 is 4.74 Å². The van der Waals surface area contributed by atoms with E-state index in [9.17, 15) is 0 Å². The predicted octanol–water partition coefficient (Wildman–Crippen LogP) is 6.73. The van der Waals surface area contributed by atoms with Crippen molar-refractivity contribution in [1.29, 1.82) is 0 Å². The minimum absolute atomic E-state index is 0.559. The number of anilines is 2. The van der Waals surface area contributed by atoms with Crippen LogP contribution >= 0.6 is 12.2 Å². The van der Waals surface area contributed by atoms with Crippen LogP contribution in [0.2, 0.25) is 0 Å². The summed E-state index contributed by atoms with van der Waals surface area (Å²) in [5, 5.41) is 6.99. The Morgan fingerprint density at radius 3 is 1.93 bits per heavy atom. The van der Waals surface area contributed by atoms with Gasteiger partial charge < -0.3 is 15.4 Å². The number of nitrogens with one attached hydrogen (secondary N) is 2. The summed E-state index contributed by atoms with van der Waals surface area (Å²) in [5.74, 6) is 0.886. The van der Waals surface area contributed by atoms with Crippen LogP contribution in [0, 0.1) is 0 Å². The molecular formula is C24H26N2OS. The van der Waals surface area contributed by atoms with Crippen molar-refractivity contribution in [1.82, 2.24) is 0 Å². The van der Waals surface area contributed by atoms with E-state index in [1.807, 2.05) is 54.6 Å². The number of rotatable bonds is 8. The van der Waals surface area contributed by atoms with Crippen LogP contribution in [0.4, 0.5) is 11.4 Å². The van der Waals surface area contributed by atoms with Crippen LogP contribution in [0.5, 0.6) is 5.75 Å². The molecule has 0 radical (unpaired) electrons. The Hall–Kier alpha value is -2.85. The molecule has 28 heavy (non-hydrogen) atoms. The van der Waals surface area contributed by atoms with Crippen molar-refractivity contribution in [3.05, 3.63) is 78.9 Å². The van der Waals surface area contributed by atoms with Crippen LogP contribution < -0.4 is 15.4 Å². The molecule has 0 saturated heterocycles. The van der Waals surface area contributed by atoms with E-state index < -0.39 is 0 Å². The van der Waals surface area contributed by atoms with Crippen LogP contribution in [0.25, 0.3) is 11.1 Å². The first-order chi connectivity index (χ1) is 13.7. The lowest BCUT2D eigenvalue weighted by molar-refractivity contribution is 0.306. The molecule has 0 aliphatic rings. The highest BCUT2D eigenvalue weighted by Crippen LogP contribution is 2.21.